The van der Waals surface area contributed by atoms with Crippen molar-refractivity contribution in [3.63, 3.8) is 0 Å². The van der Waals surface area contributed by atoms with Gasteiger partial charge >= 0.3 is 0 Å². The summed E-state index contributed by atoms with van der Waals surface area (Å²) in [6.07, 6.45) is 1.89. The van der Waals surface area contributed by atoms with Gasteiger partial charge in [-0.2, -0.15) is 0 Å². The Morgan fingerprint density at radius 2 is 2.12 bits per heavy atom. The van der Waals surface area contributed by atoms with Crippen LogP contribution in [0, 0.1) is 5.82 Å². The number of carbonyl (C=O) groups is 1. The molecule has 0 unspecified atom stereocenters. The van der Waals surface area contributed by atoms with Crippen LogP contribution in [0.4, 0.5) is 4.39 Å². The van der Waals surface area contributed by atoms with Gasteiger partial charge in [-0.05, 0) is 38.5 Å². The van der Waals surface area contributed by atoms with Gasteiger partial charge in [-0.3, -0.25) is 4.79 Å². The van der Waals surface area contributed by atoms with E-state index in [1.165, 1.54) is 18.2 Å². The molecular formula is C13H18FNOS. The predicted octanol–water partition coefficient (Wildman–Crippen LogP) is 3.42. The number of rotatable bonds is 4. The van der Waals surface area contributed by atoms with E-state index >= 15 is 0 Å². The lowest BCUT2D eigenvalue weighted by atomic mass is 9.98. The highest BCUT2D eigenvalue weighted by Crippen LogP contribution is 2.16. The van der Waals surface area contributed by atoms with Crippen molar-refractivity contribution < 1.29 is 9.18 Å². The molecule has 0 aliphatic carbocycles. The largest absolute Gasteiger partial charge is 0.347 e. The predicted molar refractivity (Wildman–Crippen MR) is 70.1 cm³/mol. The van der Waals surface area contributed by atoms with Crippen LogP contribution in [0.25, 0.3) is 0 Å². The van der Waals surface area contributed by atoms with Gasteiger partial charge in [0.05, 0.1) is 0 Å². The fourth-order valence-corrected chi connectivity index (χ4v) is 1.93. The van der Waals surface area contributed by atoms with Crippen LogP contribution >= 0.6 is 12.6 Å². The lowest BCUT2D eigenvalue weighted by Gasteiger charge is -2.25. The maximum absolute atomic E-state index is 13.0. The van der Waals surface area contributed by atoms with Gasteiger partial charge in [0.15, 0.2) is 0 Å². The number of thiol groups is 1. The maximum atomic E-state index is 13.0. The lowest BCUT2D eigenvalue weighted by Crippen LogP contribution is -2.43. The summed E-state index contributed by atoms with van der Waals surface area (Å²) in [6.45, 7) is 6.01. The maximum Gasteiger partial charge on any atom is 0.251 e. The van der Waals surface area contributed by atoms with Crippen molar-refractivity contribution in [1.29, 1.82) is 0 Å². The highest BCUT2D eigenvalue weighted by Gasteiger charge is 2.20. The SMILES string of the molecule is CCCC(C)(C)NC(=O)c1ccc(F)c(S)c1. The van der Waals surface area contributed by atoms with Crippen molar-refractivity contribution in [3.05, 3.63) is 29.6 Å². The van der Waals surface area contributed by atoms with Gasteiger partial charge in [-0.15, -0.1) is 12.6 Å². The lowest BCUT2D eigenvalue weighted by molar-refractivity contribution is 0.0908. The highest BCUT2D eigenvalue weighted by atomic mass is 32.1. The second-order valence-electron chi connectivity index (χ2n) is 4.75. The molecule has 4 heteroatoms. The van der Waals surface area contributed by atoms with Crippen LogP contribution in [0.3, 0.4) is 0 Å². The molecule has 0 aliphatic heterocycles. The second-order valence-corrected chi connectivity index (χ2v) is 5.24. The van der Waals surface area contributed by atoms with Gasteiger partial charge in [-0.25, -0.2) is 4.39 Å². The van der Waals surface area contributed by atoms with Crippen LogP contribution in [0.2, 0.25) is 0 Å². The number of benzene rings is 1. The molecule has 0 saturated carbocycles. The Kier molecular flexibility index (Phi) is 4.57. The fourth-order valence-electron chi connectivity index (χ4n) is 1.72. The average molecular weight is 255 g/mol. The summed E-state index contributed by atoms with van der Waals surface area (Å²) in [7, 11) is 0. The molecule has 0 fully saturated rings. The summed E-state index contributed by atoms with van der Waals surface area (Å²) >= 11 is 3.96. The van der Waals surface area contributed by atoms with E-state index in [2.05, 4.69) is 24.9 Å². The smallest absolute Gasteiger partial charge is 0.251 e. The standard InChI is InChI=1S/C13H18FNOS/c1-4-7-13(2,3)15-12(16)9-5-6-10(14)11(17)8-9/h5-6,8,17H,4,7H2,1-3H3,(H,15,16). The Hall–Kier alpha value is -1.03. The summed E-state index contributed by atoms with van der Waals surface area (Å²) in [5.41, 5.74) is 0.178. The molecule has 1 rings (SSSR count). The first-order valence-electron chi connectivity index (χ1n) is 5.67. The molecule has 0 aromatic heterocycles. The van der Waals surface area contributed by atoms with Gasteiger partial charge in [-0.1, -0.05) is 13.3 Å². The van der Waals surface area contributed by atoms with Crippen LogP contribution in [0.5, 0.6) is 0 Å². The molecule has 2 nitrogen and oxygen atoms in total. The number of amides is 1. The molecule has 0 bridgehead atoms. The van der Waals surface area contributed by atoms with E-state index in [1.54, 1.807) is 0 Å². The molecular weight excluding hydrogens is 237 g/mol. The topological polar surface area (TPSA) is 29.1 Å². The molecule has 0 aliphatic rings. The summed E-state index contributed by atoms with van der Waals surface area (Å²) in [5, 5.41) is 2.92. The van der Waals surface area contributed by atoms with Crippen LogP contribution in [0.15, 0.2) is 23.1 Å². The molecule has 1 aromatic carbocycles. The number of hydrogen-bond donors (Lipinski definition) is 2. The van der Waals surface area contributed by atoms with E-state index in [1.807, 2.05) is 13.8 Å². The minimum absolute atomic E-state index is 0.186. The quantitative estimate of drug-likeness (QED) is 0.793. The monoisotopic (exact) mass is 255 g/mol. The Morgan fingerprint density at radius 3 is 2.65 bits per heavy atom. The molecule has 1 aromatic rings. The molecule has 0 saturated heterocycles. The zero-order chi connectivity index (χ0) is 13.1. The molecule has 0 spiro atoms. The molecule has 0 radical (unpaired) electrons. The van der Waals surface area contributed by atoms with Gasteiger partial charge in [0.25, 0.3) is 5.91 Å². The number of halogens is 1. The van der Waals surface area contributed by atoms with Gasteiger partial charge in [0, 0.05) is 16.0 Å². The molecule has 94 valence electrons. The highest BCUT2D eigenvalue weighted by molar-refractivity contribution is 7.80. The van der Waals surface area contributed by atoms with Crippen LogP contribution in [-0.4, -0.2) is 11.4 Å². The van der Waals surface area contributed by atoms with E-state index in [9.17, 15) is 9.18 Å². The van der Waals surface area contributed by atoms with Crippen molar-refractivity contribution in [2.24, 2.45) is 0 Å². The van der Waals surface area contributed by atoms with Crippen molar-refractivity contribution >= 4 is 18.5 Å². The van der Waals surface area contributed by atoms with Gasteiger partial charge in [0.2, 0.25) is 0 Å². The van der Waals surface area contributed by atoms with Gasteiger partial charge < -0.3 is 5.32 Å². The van der Waals surface area contributed by atoms with Crippen LogP contribution in [-0.2, 0) is 0 Å². The first kappa shape index (κ1) is 14.0. The molecule has 0 heterocycles. The fraction of sp³-hybridized carbons (Fsp3) is 0.462. The summed E-state index contributed by atoms with van der Waals surface area (Å²) in [4.78, 5) is 12.1. The Balaban J connectivity index is 2.80. The second kappa shape index (κ2) is 5.54. The van der Waals surface area contributed by atoms with Crippen molar-refractivity contribution in [2.45, 2.75) is 44.0 Å². The van der Waals surface area contributed by atoms with Crippen molar-refractivity contribution in [2.75, 3.05) is 0 Å². The van der Waals surface area contributed by atoms with Crippen molar-refractivity contribution in [1.82, 2.24) is 5.32 Å². The third-order valence-corrected chi connectivity index (χ3v) is 2.88. The van der Waals surface area contributed by atoms with E-state index in [4.69, 9.17) is 0 Å². The number of nitrogens with one attached hydrogen (secondary N) is 1. The van der Waals surface area contributed by atoms with E-state index in [-0.39, 0.29) is 16.3 Å². The summed E-state index contributed by atoms with van der Waals surface area (Å²) in [6, 6.07) is 4.16. The zero-order valence-electron chi connectivity index (χ0n) is 10.4. The van der Waals surface area contributed by atoms with E-state index in [0.717, 1.165) is 12.8 Å². The minimum atomic E-state index is -0.419. The third-order valence-electron chi connectivity index (χ3n) is 2.54. The summed E-state index contributed by atoms with van der Waals surface area (Å²) in [5.74, 6) is -0.614. The van der Waals surface area contributed by atoms with Crippen LogP contribution in [0.1, 0.15) is 44.0 Å². The van der Waals surface area contributed by atoms with Crippen LogP contribution < -0.4 is 5.32 Å². The number of carbonyl (C=O) groups excluding carboxylic acids is 1. The molecule has 1 amide bonds. The van der Waals surface area contributed by atoms with E-state index in [0.29, 0.717) is 5.56 Å². The van der Waals surface area contributed by atoms with E-state index < -0.39 is 5.82 Å². The molecule has 1 N–H and O–H groups in total. The summed E-state index contributed by atoms with van der Waals surface area (Å²) < 4.78 is 13.0. The van der Waals surface area contributed by atoms with Crippen molar-refractivity contribution in [3.8, 4) is 0 Å². The molecule has 0 atom stereocenters. The third kappa shape index (κ3) is 4.04. The number of hydrogen-bond acceptors (Lipinski definition) is 2. The Bertz CT molecular complexity index is 418. The minimum Gasteiger partial charge on any atom is -0.347 e. The Labute approximate surface area is 107 Å². The first-order chi connectivity index (χ1) is 7.85. The normalized spacial score (nSPS) is 11.4. The average Bonchev–Trinajstić information content (AvgIpc) is 2.21. The Morgan fingerprint density at radius 1 is 1.47 bits per heavy atom. The molecule has 17 heavy (non-hydrogen) atoms. The zero-order valence-corrected chi connectivity index (χ0v) is 11.3. The first-order valence-corrected chi connectivity index (χ1v) is 6.11. The van der Waals surface area contributed by atoms with Gasteiger partial charge in [0.1, 0.15) is 5.82 Å².